The minimum Gasteiger partial charge on any atom is -0.327 e. The van der Waals surface area contributed by atoms with Gasteiger partial charge in [0.2, 0.25) is 0 Å². The zero-order valence-electron chi connectivity index (χ0n) is 10.9. The van der Waals surface area contributed by atoms with Gasteiger partial charge in [-0.2, -0.15) is 5.10 Å². The average Bonchev–Trinajstić information content (AvgIpc) is 2.90. The minimum absolute atomic E-state index is 0.323. The van der Waals surface area contributed by atoms with Crippen molar-refractivity contribution in [2.24, 2.45) is 7.05 Å². The zero-order chi connectivity index (χ0) is 14.4. The molecule has 0 saturated heterocycles. The number of fused-ring (bicyclic) bond motifs is 1. The van der Waals surface area contributed by atoms with E-state index in [0.717, 1.165) is 23.3 Å². The highest BCUT2D eigenvalue weighted by Crippen LogP contribution is 2.24. The second-order valence-corrected chi connectivity index (χ2v) is 5.73. The fraction of sp³-hybridized carbons (Fsp3) is 0.231. The van der Waals surface area contributed by atoms with E-state index in [2.05, 4.69) is 26.0 Å². The Kier molecular flexibility index (Phi) is 3.25. The highest BCUT2D eigenvalue weighted by molar-refractivity contribution is 9.10. The summed E-state index contributed by atoms with van der Waals surface area (Å²) >= 11 is 8.52. The van der Waals surface area contributed by atoms with E-state index in [9.17, 15) is 4.39 Å². The molecule has 2 aromatic heterocycles. The number of hydrogen-bond acceptors (Lipinski definition) is 2. The van der Waals surface area contributed by atoms with Gasteiger partial charge in [0.1, 0.15) is 11.3 Å². The van der Waals surface area contributed by atoms with Gasteiger partial charge in [0, 0.05) is 7.05 Å². The number of aryl methyl sites for hydroxylation is 2. The molecular formula is C13H12BrFN4S. The summed E-state index contributed by atoms with van der Waals surface area (Å²) in [6.45, 7) is 2.04. The maximum absolute atomic E-state index is 13.7. The van der Waals surface area contributed by atoms with Crippen LogP contribution in [-0.4, -0.2) is 19.3 Å². The fourth-order valence-corrected chi connectivity index (χ4v) is 2.86. The molecule has 0 bridgehead atoms. The molecule has 0 aliphatic rings. The van der Waals surface area contributed by atoms with Crippen molar-refractivity contribution in [1.29, 1.82) is 0 Å². The van der Waals surface area contributed by atoms with Gasteiger partial charge in [-0.25, -0.2) is 9.07 Å². The van der Waals surface area contributed by atoms with Gasteiger partial charge in [0.15, 0.2) is 10.4 Å². The standard InChI is InChI=1S/C13H12BrFN4S/c1-3-10-11-12(18(2)17-10)19(13(20)16-11)7-4-5-8(14)9(15)6-7/h4-6H,3H2,1-2H3,(H,16,20). The highest BCUT2D eigenvalue weighted by Gasteiger charge is 2.16. The number of halogens is 2. The normalized spacial score (nSPS) is 11.4. The van der Waals surface area contributed by atoms with Gasteiger partial charge in [-0.3, -0.25) is 4.57 Å². The van der Waals surface area contributed by atoms with Crippen LogP contribution in [0.5, 0.6) is 0 Å². The van der Waals surface area contributed by atoms with Crippen molar-refractivity contribution in [3.63, 3.8) is 0 Å². The van der Waals surface area contributed by atoms with E-state index in [1.54, 1.807) is 15.3 Å². The molecule has 0 radical (unpaired) electrons. The molecule has 0 atom stereocenters. The summed E-state index contributed by atoms with van der Waals surface area (Å²) < 4.78 is 18.3. The molecular weight excluding hydrogens is 343 g/mol. The number of rotatable bonds is 2. The maximum Gasteiger partial charge on any atom is 0.184 e. The van der Waals surface area contributed by atoms with Crippen molar-refractivity contribution in [3.05, 3.63) is 39.0 Å². The first kappa shape index (κ1) is 13.5. The van der Waals surface area contributed by atoms with Crippen LogP contribution in [-0.2, 0) is 13.5 Å². The topological polar surface area (TPSA) is 38.5 Å². The average molecular weight is 355 g/mol. The molecule has 0 saturated carbocycles. The number of nitrogens with one attached hydrogen (secondary N) is 1. The molecule has 0 fully saturated rings. The molecule has 0 aliphatic heterocycles. The molecule has 2 heterocycles. The van der Waals surface area contributed by atoms with Crippen LogP contribution in [0.15, 0.2) is 22.7 Å². The Labute approximate surface area is 128 Å². The van der Waals surface area contributed by atoms with Gasteiger partial charge in [-0.05, 0) is 52.8 Å². The van der Waals surface area contributed by atoms with E-state index in [4.69, 9.17) is 12.2 Å². The van der Waals surface area contributed by atoms with Crippen molar-refractivity contribution >= 4 is 39.3 Å². The van der Waals surface area contributed by atoms with Crippen LogP contribution >= 0.6 is 28.1 Å². The molecule has 4 nitrogen and oxygen atoms in total. The summed E-state index contributed by atoms with van der Waals surface area (Å²) in [5.41, 5.74) is 3.37. The smallest absolute Gasteiger partial charge is 0.184 e. The lowest BCUT2D eigenvalue weighted by Gasteiger charge is -2.05. The number of hydrogen-bond donors (Lipinski definition) is 1. The molecule has 0 aliphatic carbocycles. The van der Waals surface area contributed by atoms with Gasteiger partial charge in [0.25, 0.3) is 0 Å². The quantitative estimate of drug-likeness (QED) is 0.709. The van der Waals surface area contributed by atoms with Crippen LogP contribution in [0.2, 0.25) is 0 Å². The molecule has 0 spiro atoms. The lowest BCUT2D eigenvalue weighted by atomic mass is 10.3. The Morgan fingerprint density at radius 2 is 2.20 bits per heavy atom. The molecule has 7 heteroatoms. The number of nitrogens with zero attached hydrogens (tertiary/aromatic N) is 3. The summed E-state index contributed by atoms with van der Waals surface area (Å²) in [4.78, 5) is 3.16. The van der Waals surface area contributed by atoms with Crippen LogP contribution < -0.4 is 0 Å². The number of aromatic amines is 1. The van der Waals surface area contributed by atoms with Gasteiger partial charge < -0.3 is 4.98 Å². The fourth-order valence-electron chi connectivity index (χ4n) is 2.32. The van der Waals surface area contributed by atoms with Gasteiger partial charge in [-0.15, -0.1) is 0 Å². The second kappa shape index (κ2) is 4.82. The van der Waals surface area contributed by atoms with Gasteiger partial charge in [-0.1, -0.05) is 6.92 Å². The lowest BCUT2D eigenvalue weighted by Crippen LogP contribution is -2.01. The van der Waals surface area contributed by atoms with Crippen molar-refractivity contribution in [1.82, 2.24) is 19.3 Å². The summed E-state index contributed by atoms with van der Waals surface area (Å²) in [7, 11) is 1.86. The van der Waals surface area contributed by atoms with E-state index in [1.165, 1.54) is 6.07 Å². The van der Waals surface area contributed by atoms with Crippen LogP contribution in [0.3, 0.4) is 0 Å². The number of benzene rings is 1. The number of aromatic nitrogens is 4. The highest BCUT2D eigenvalue weighted by atomic mass is 79.9. The SMILES string of the molecule is CCc1nn(C)c2c1[nH]c(=S)n2-c1ccc(Br)c(F)c1. The third kappa shape index (κ3) is 1.92. The van der Waals surface area contributed by atoms with E-state index in [-0.39, 0.29) is 5.82 Å². The molecule has 20 heavy (non-hydrogen) atoms. The van der Waals surface area contributed by atoms with Crippen LogP contribution in [0, 0.1) is 10.6 Å². The Balaban J connectivity index is 2.35. The first-order valence-corrected chi connectivity index (χ1v) is 7.35. The van der Waals surface area contributed by atoms with E-state index in [0.29, 0.717) is 14.9 Å². The molecule has 1 aromatic carbocycles. The molecule has 3 rings (SSSR count). The first-order chi connectivity index (χ1) is 9.52. The maximum atomic E-state index is 13.7. The number of H-pyrrole nitrogens is 1. The predicted octanol–water partition coefficient (Wildman–Crippen LogP) is 3.89. The molecule has 3 aromatic rings. The monoisotopic (exact) mass is 354 g/mol. The number of imidazole rings is 1. The Morgan fingerprint density at radius 3 is 2.85 bits per heavy atom. The Hall–Kier alpha value is -1.47. The lowest BCUT2D eigenvalue weighted by molar-refractivity contribution is 0.619. The van der Waals surface area contributed by atoms with Crippen molar-refractivity contribution in [2.45, 2.75) is 13.3 Å². The minimum atomic E-state index is -0.323. The molecule has 0 unspecified atom stereocenters. The van der Waals surface area contributed by atoms with Crippen LogP contribution in [0.1, 0.15) is 12.6 Å². The Bertz CT molecular complexity index is 861. The zero-order valence-corrected chi connectivity index (χ0v) is 13.3. The van der Waals surface area contributed by atoms with Crippen LogP contribution in [0.4, 0.5) is 4.39 Å². The third-order valence-electron chi connectivity index (χ3n) is 3.23. The summed E-state index contributed by atoms with van der Waals surface area (Å²) in [6, 6.07) is 4.93. The second-order valence-electron chi connectivity index (χ2n) is 4.49. The molecule has 0 amide bonds. The largest absolute Gasteiger partial charge is 0.327 e. The van der Waals surface area contributed by atoms with Crippen molar-refractivity contribution in [2.75, 3.05) is 0 Å². The summed E-state index contributed by atoms with van der Waals surface area (Å²) in [6.07, 6.45) is 0.807. The van der Waals surface area contributed by atoms with Gasteiger partial charge >= 0.3 is 0 Å². The molecule has 1 N–H and O–H groups in total. The predicted molar refractivity (Wildman–Crippen MR) is 82.3 cm³/mol. The van der Waals surface area contributed by atoms with Crippen molar-refractivity contribution in [3.8, 4) is 5.69 Å². The molecule has 104 valence electrons. The van der Waals surface area contributed by atoms with E-state index < -0.39 is 0 Å². The van der Waals surface area contributed by atoms with Crippen LogP contribution in [0.25, 0.3) is 16.9 Å². The van der Waals surface area contributed by atoms with E-state index >= 15 is 0 Å². The third-order valence-corrected chi connectivity index (χ3v) is 4.16. The summed E-state index contributed by atoms with van der Waals surface area (Å²) in [5, 5.41) is 4.45. The summed E-state index contributed by atoms with van der Waals surface area (Å²) in [5.74, 6) is -0.323. The van der Waals surface area contributed by atoms with Crippen molar-refractivity contribution < 1.29 is 4.39 Å². The van der Waals surface area contributed by atoms with E-state index in [1.807, 2.05) is 20.0 Å². The Morgan fingerprint density at radius 1 is 1.45 bits per heavy atom. The van der Waals surface area contributed by atoms with Gasteiger partial charge in [0.05, 0.1) is 15.9 Å². The first-order valence-electron chi connectivity index (χ1n) is 6.15.